The van der Waals surface area contributed by atoms with E-state index < -0.39 is 0 Å². The van der Waals surface area contributed by atoms with Crippen molar-refractivity contribution in [2.75, 3.05) is 6.54 Å². The third kappa shape index (κ3) is 2.74. The Balaban J connectivity index is 1.74. The van der Waals surface area contributed by atoms with Crippen LogP contribution in [0.5, 0.6) is 5.75 Å². The summed E-state index contributed by atoms with van der Waals surface area (Å²) in [6.07, 6.45) is 0. The number of carbonyl (C=O) groups excluding carboxylic acids is 1. The summed E-state index contributed by atoms with van der Waals surface area (Å²) in [5.74, 6) is 0.811. The Labute approximate surface area is 117 Å². The molecule has 20 heavy (non-hydrogen) atoms. The van der Waals surface area contributed by atoms with Gasteiger partial charge in [0.1, 0.15) is 12.4 Å². The highest BCUT2D eigenvalue weighted by atomic mass is 16.5. The molecule has 0 saturated carbocycles. The van der Waals surface area contributed by atoms with E-state index in [4.69, 9.17) is 4.74 Å². The minimum atomic E-state index is -0.132. The molecule has 2 aromatic carbocycles. The zero-order chi connectivity index (χ0) is 13.8. The highest BCUT2D eigenvalue weighted by Crippen LogP contribution is 2.26. The van der Waals surface area contributed by atoms with Gasteiger partial charge in [0.05, 0.1) is 6.04 Å². The van der Waals surface area contributed by atoms with Crippen LogP contribution in [0.15, 0.2) is 54.6 Å². The summed E-state index contributed by atoms with van der Waals surface area (Å²) in [5.41, 5.74) is 2.12. The second-order valence-corrected chi connectivity index (χ2v) is 4.72. The maximum atomic E-state index is 11.3. The van der Waals surface area contributed by atoms with Crippen LogP contribution in [0, 0.1) is 0 Å². The number of amides is 2. The lowest BCUT2D eigenvalue weighted by molar-refractivity contribution is 0.247. The van der Waals surface area contributed by atoms with Crippen LogP contribution in [0.2, 0.25) is 0 Å². The van der Waals surface area contributed by atoms with Gasteiger partial charge in [-0.15, -0.1) is 0 Å². The van der Waals surface area contributed by atoms with Gasteiger partial charge in [0.25, 0.3) is 0 Å². The van der Waals surface area contributed by atoms with E-state index in [0.717, 1.165) is 16.9 Å². The van der Waals surface area contributed by atoms with Crippen LogP contribution in [0.3, 0.4) is 0 Å². The third-order valence-electron chi connectivity index (χ3n) is 3.30. The van der Waals surface area contributed by atoms with Crippen molar-refractivity contribution in [1.82, 2.24) is 10.6 Å². The van der Waals surface area contributed by atoms with Gasteiger partial charge in [-0.25, -0.2) is 4.79 Å². The number of nitrogens with one attached hydrogen (secondary N) is 2. The molecule has 102 valence electrons. The van der Waals surface area contributed by atoms with Crippen molar-refractivity contribution < 1.29 is 9.53 Å². The number of ether oxygens (including phenoxy) is 1. The van der Waals surface area contributed by atoms with E-state index >= 15 is 0 Å². The summed E-state index contributed by atoms with van der Waals surface area (Å²) in [5, 5.41) is 5.64. The molecule has 3 rings (SSSR count). The van der Waals surface area contributed by atoms with Crippen molar-refractivity contribution in [2.45, 2.75) is 12.6 Å². The van der Waals surface area contributed by atoms with Gasteiger partial charge in [-0.1, -0.05) is 48.5 Å². The van der Waals surface area contributed by atoms with E-state index in [-0.39, 0.29) is 12.1 Å². The first kappa shape index (κ1) is 12.5. The van der Waals surface area contributed by atoms with Gasteiger partial charge in [0.2, 0.25) is 0 Å². The Morgan fingerprint density at radius 3 is 2.55 bits per heavy atom. The third-order valence-corrected chi connectivity index (χ3v) is 3.30. The van der Waals surface area contributed by atoms with Crippen molar-refractivity contribution in [3.05, 3.63) is 65.7 Å². The molecule has 0 aliphatic carbocycles. The van der Waals surface area contributed by atoms with Crippen LogP contribution in [0.1, 0.15) is 17.2 Å². The monoisotopic (exact) mass is 268 g/mol. The molecule has 1 atom stereocenters. The van der Waals surface area contributed by atoms with Crippen LogP contribution in [-0.4, -0.2) is 12.6 Å². The molecule has 1 fully saturated rings. The number of urea groups is 1. The number of carbonyl (C=O) groups is 1. The molecule has 1 heterocycles. The highest BCUT2D eigenvalue weighted by molar-refractivity contribution is 5.77. The Kier molecular flexibility index (Phi) is 3.54. The van der Waals surface area contributed by atoms with Crippen LogP contribution in [-0.2, 0) is 6.61 Å². The average molecular weight is 268 g/mol. The van der Waals surface area contributed by atoms with Gasteiger partial charge in [-0.3, -0.25) is 0 Å². The summed E-state index contributed by atoms with van der Waals surface area (Å²) in [6, 6.07) is 17.7. The van der Waals surface area contributed by atoms with Crippen molar-refractivity contribution in [2.24, 2.45) is 0 Å². The normalized spacial score (nSPS) is 17.4. The molecule has 1 aliphatic heterocycles. The molecule has 2 amide bonds. The van der Waals surface area contributed by atoms with Gasteiger partial charge in [0, 0.05) is 12.1 Å². The van der Waals surface area contributed by atoms with Gasteiger partial charge in [0.15, 0.2) is 0 Å². The topological polar surface area (TPSA) is 50.4 Å². The molecule has 2 N–H and O–H groups in total. The fourth-order valence-corrected chi connectivity index (χ4v) is 2.28. The Morgan fingerprint density at radius 1 is 1.05 bits per heavy atom. The molecule has 0 spiro atoms. The first-order chi connectivity index (χ1) is 9.83. The fourth-order valence-electron chi connectivity index (χ4n) is 2.28. The first-order valence-electron chi connectivity index (χ1n) is 6.63. The molecule has 4 nitrogen and oxygen atoms in total. The van der Waals surface area contributed by atoms with Gasteiger partial charge < -0.3 is 15.4 Å². The standard InChI is InChI=1S/C16H16N2O2/c19-16-17-10-14(18-16)13-8-4-5-9-15(13)20-11-12-6-2-1-3-7-12/h1-9,14H,10-11H2,(H2,17,18,19)/t14-/m1/s1. The van der Waals surface area contributed by atoms with Gasteiger partial charge >= 0.3 is 6.03 Å². The second kappa shape index (κ2) is 5.65. The number of rotatable bonds is 4. The first-order valence-corrected chi connectivity index (χ1v) is 6.63. The Morgan fingerprint density at radius 2 is 1.80 bits per heavy atom. The molecule has 0 unspecified atom stereocenters. The van der Waals surface area contributed by atoms with E-state index in [2.05, 4.69) is 10.6 Å². The van der Waals surface area contributed by atoms with E-state index in [1.807, 2.05) is 54.6 Å². The Bertz CT molecular complexity index is 598. The number of hydrogen-bond donors (Lipinski definition) is 2. The lowest BCUT2D eigenvalue weighted by atomic mass is 10.1. The molecule has 2 aromatic rings. The maximum absolute atomic E-state index is 11.3. The minimum absolute atomic E-state index is 0.0329. The van der Waals surface area contributed by atoms with Crippen molar-refractivity contribution in [1.29, 1.82) is 0 Å². The lowest BCUT2D eigenvalue weighted by Gasteiger charge is -2.15. The smallest absolute Gasteiger partial charge is 0.315 e. The van der Waals surface area contributed by atoms with Crippen molar-refractivity contribution in [3.8, 4) is 5.75 Å². The van der Waals surface area contributed by atoms with Gasteiger partial charge in [-0.2, -0.15) is 0 Å². The Hall–Kier alpha value is -2.49. The fraction of sp³-hybridized carbons (Fsp3) is 0.188. The summed E-state index contributed by atoms with van der Waals surface area (Å²) >= 11 is 0. The number of hydrogen-bond acceptors (Lipinski definition) is 2. The van der Waals surface area contributed by atoms with Crippen LogP contribution >= 0.6 is 0 Å². The van der Waals surface area contributed by atoms with E-state index in [1.165, 1.54) is 0 Å². The van der Waals surface area contributed by atoms with E-state index in [9.17, 15) is 4.79 Å². The van der Waals surface area contributed by atoms with Crippen LogP contribution in [0.25, 0.3) is 0 Å². The molecule has 0 radical (unpaired) electrons. The van der Waals surface area contributed by atoms with E-state index in [0.29, 0.717) is 13.2 Å². The minimum Gasteiger partial charge on any atom is -0.489 e. The molecule has 0 bridgehead atoms. The SMILES string of the molecule is O=C1NC[C@H](c2ccccc2OCc2ccccc2)N1. The predicted molar refractivity (Wildman–Crippen MR) is 76.5 cm³/mol. The molecule has 1 aliphatic rings. The van der Waals surface area contributed by atoms with Crippen molar-refractivity contribution >= 4 is 6.03 Å². The predicted octanol–water partition coefficient (Wildman–Crippen LogP) is 2.62. The van der Waals surface area contributed by atoms with Crippen molar-refractivity contribution in [3.63, 3.8) is 0 Å². The maximum Gasteiger partial charge on any atom is 0.315 e. The molecule has 1 saturated heterocycles. The summed E-state index contributed by atoms with van der Waals surface area (Å²) in [6.45, 7) is 1.11. The quantitative estimate of drug-likeness (QED) is 0.895. The summed E-state index contributed by atoms with van der Waals surface area (Å²) in [4.78, 5) is 11.3. The number of benzene rings is 2. The molecular formula is C16H16N2O2. The van der Waals surface area contributed by atoms with E-state index in [1.54, 1.807) is 0 Å². The van der Waals surface area contributed by atoms with Crippen LogP contribution < -0.4 is 15.4 Å². The zero-order valence-electron chi connectivity index (χ0n) is 11.0. The summed E-state index contributed by atoms with van der Waals surface area (Å²) in [7, 11) is 0. The lowest BCUT2D eigenvalue weighted by Crippen LogP contribution is -2.22. The number of para-hydroxylation sites is 1. The van der Waals surface area contributed by atoms with Crippen LogP contribution in [0.4, 0.5) is 4.79 Å². The largest absolute Gasteiger partial charge is 0.489 e. The van der Waals surface area contributed by atoms with Gasteiger partial charge in [-0.05, 0) is 11.6 Å². The zero-order valence-corrected chi connectivity index (χ0v) is 11.0. The molecule has 0 aromatic heterocycles. The average Bonchev–Trinajstić information content (AvgIpc) is 2.93. The highest BCUT2D eigenvalue weighted by Gasteiger charge is 2.24. The second-order valence-electron chi connectivity index (χ2n) is 4.72. The summed E-state index contributed by atoms with van der Waals surface area (Å²) < 4.78 is 5.89. The molecule has 4 heteroatoms. The molecular weight excluding hydrogens is 252 g/mol.